The smallest absolute Gasteiger partial charge is 0.353 e. The van der Waals surface area contributed by atoms with Crippen molar-refractivity contribution in [3.05, 3.63) is 99.2 Å². The van der Waals surface area contributed by atoms with E-state index in [1.165, 1.54) is 47.7 Å². The van der Waals surface area contributed by atoms with Gasteiger partial charge in [0.25, 0.3) is 17.7 Å². The Kier molecular flexibility index (Phi) is 6.40. The zero-order chi connectivity index (χ0) is 27.3. The predicted octanol–water partition coefficient (Wildman–Crippen LogP) is 4.67. The van der Waals surface area contributed by atoms with Crippen molar-refractivity contribution in [2.45, 2.75) is 6.42 Å². The number of hydrogen-bond acceptors (Lipinski definition) is 7. The van der Waals surface area contributed by atoms with Gasteiger partial charge in [0.2, 0.25) is 0 Å². The number of amides is 3. The summed E-state index contributed by atoms with van der Waals surface area (Å²) in [5.74, 6) is -3.66. The summed E-state index contributed by atoms with van der Waals surface area (Å²) in [6.07, 6.45) is 4.65. The van der Waals surface area contributed by atoms with Crippen molar-refractivity contribution < 1.29 is 28.7 Å². The van der Waals surface area contributed by atoms with Gasteiger partial charge in [-0.15, -0.1) is 11.3 Å². The highest BCUT2D eigenvalue weighted by atomic mass is 35.5. The molecule has 1 saturated heterocycles. The molecule has 2 heterocycles. The van der Waals surface area contributed by atoms with E-state index in [1.54, 1.807) is 29.6 Å². The van der Waals surface area contributed by atoms with Crippen LogP contribution in [0.3, 0.4) is 0 Å². The van der Waals surface area contributed by atoms with Crippen molar-refractivity contribution in [2.24, 2.45) is 23.7 Å². The molecular weight excluding hydrogens is 540 g/mol. The molecular formula is C29H21ClN2O6S. The van der Waals surface area contributed by atoms with Gasteiger partial charge in [0.1, 0.15) is 17.2 Å². The van der Waals surface area contributed by atoms with E-state index in [0.29, 0.717) is 4.88 Å². The number of hydrazine groups is 1. The molecule has 196 valence electrons. The molecule has 2 fully saturated rings. The topological polar surface area (TPSA) is 101 Å². The maximum atomic E-state index is 13.7. The number of rotatable bonds is 7. The highest BCUT2D eigenvalue weighted by Crippen LogP contribution is 2.52. The first-order valence-electron chi connectivity index (χ1n) is 12.3. The molecule has 0 spiro atoms. The lowest BCUT2D eigenvalue weighted by Gasteiger charge is -2.31. The van der Waals surface area contributed by atoms with Gasteiger partial charge < -0.3 is 4.74 Å². The van der Waals surface area contributed by atoms with Crippen LogP contribution in [0, 0.1) is 23.7 Å². The molecule has 1 aromatic heterocycles. The Morgan fingerprint density at radius 3 is 2.21 bits per heavy atom. The summed E-state index contributed by atoms with van der Waals surface area (Å²) >= 11 is 7.52. The van der Waals surface area contributed by atoms with E-state index in [-0.39, 0.29) is 33.7 Å². The van der Waals surface area contributed by atoms with Gasteiger partial charge in [0.15, 0.2) is 5.78 Å². The van der Waals surface area contributed by atoms with Gasteiger partial charge in [0.05, 0.1) is 22.4 Å². The van der Waals surface area contributed by atoms with Gasteiger partial charge >= 0.3 is 5.97 Å². The molecule has 2 aliphatic carbocycles. The number of thiophene rings is 1. The third kappa shape index (κ3) is 4.37. The predicted molar refractivity (Wildman–Crippen MR) is 142 cm³/mol. The fourth-order valence-electron chi connectivity index (χ4n) is 5.62. The van der Waals surface area contributed by atoms with Crippen LogP contribution in [-0.4, -0.2) is 46.0 Å². The van der Waals surface area contributed by atoms with Crippen LogP contribution < -0.4 is 4.74 Å². The molecule has 3 aromatic rings. The van der Waals surface area contributed by atoms with Gasteiger partial charge in [-0.2, -0.15) is 5.01 Å². The second-order valence-corrected chi connectivity index (χ2v) is 11.0. The van der Waals surface area contributed by atoms with Crippen molar-refractivity contribution in [1.82, 2.24) is 10.0 Å². The number of halogens is 1. The number of carbonyl (C=O) groups excluding carboxylic acids is 5. The Bertz CT molecular complexity index is 1500. The van der Waals surface area contributed by atoms with Crippen LogP contribution in [0.15, 0.2) is 78.2 Å². The first kappa shape index (κ1) is 25.2. The number of fused-ring (bicyclic) bond motifs is 5. The number of carbonyl (C=O) groups is 5. The van der Waals surface area contributed by atoms with Gasteiger partial charge in [-0.05, 0) is 66.1 Å². The standard InChI is InChI=1S/C29H21ClN2O6S/c30-21-5-2-1-4-20(21)26(34)31(32-27(35)24-17-7-8-18(14-17)25(24)28(32)36)15-22(33)16-9-11-19(12-10-16)38-29(37)23-6-3-13-39-23/h1-13,17-18,24-25H,14-15H2/t17-,18+,24-,25-/m0/s1. The number of nitrogens with zero attached hydrogens (tertiary/aromatic N) is 2. The third-order valence-electron chi connectivity index (χ3n) is 7.43. The van der Waals surface area contributed by atoms with Crippen molar-refractivity contribution in [3.8, 4) is 5.75 Å². The number of hydrogen-bond donors (Lipinski definition) is 0. The van der Waals surface area contributed by atoms with Crippen LogP contribution in [-0.2, 0) is 9.59 Å². The largest absolute Gasteiger partial charge is 0.422 e. The van der Waals surface area contributed by atoms with Crippen LogP contribution in [0.2, 0.25) is 5.02 Å². The summed E-state index contributed by atoms with van der Waals surface area (Å²) in [5, 5.41) is 3.66. The summed E-state index contributed by atoms with van der Waals surface area (Å²) in [5.41, 5.74) is 0.283. The van der Waals surface area contributed by atoms with E-state index < -0.39 is 47.9 Å². The second kappa shape index (κ2) is 9.91. The number of esters is 1. The summed E-state index contributed by atoms with van der Waals surface area (Å²) in [7, 11) is 0. The molecule has 10 heteroatoms. The number of benzene rings is 2. The normalized spacial score (nSPS) is 22.7. The number of ketones is 1. The van der Waals surface area contributed by atoms with Gasteiger partial charge in [-0.25, -0.2) is 9.80 Å². The van der Waals surface area contributed by atoms with E-state index in [0.717, 1.165) is 16.4 Å². The average Bonchev–Trinajstić information content (AvgIpc) is 3.74. The zero-order valence-corrected chi connectivity index (χ0v) is 21.9. The summed E-state index contributed by atoms with van der Waals surface area (Å²) < 4.78 is 5.34. The van der Waals surface area contributed by atoms with Crippen molar-refractivity contribution in [1.29, 1.82) is 0 Å². The molecule has 0 N–H and O–H groups in total. The number of ether oxygens (including phenoxy) is 1. The minimum atomic E-state index is -0.725. The minimum Gasteiger partial charge on any atom is -0.422 e. The maximum Gasteiger partial charge on any atom is 0.353 e. The lowest BCUT2D eigenvalue weighted by atomic mass is 9.85. The molecule has 39 heavy (non-hydrogen) atoms. The van der Waals surface area contributed by atoms with Crippen LogP contribution in [0.1, 0.15) is 36.8 Å². The molecule has 2 aromatic carbocycles. The Morgan fingerprint density at radius 2 is 1.59 bits per heavy atom. The average molecular weight is 561 g/mol. The Hall–Kier alpha value is -4.08. The van der Waals surface area contributed by atoms with Gasteiger partial charge in [0, 0.05) is 5.56 Å². The minimum absolute atomic E-state index is 0.0566. The van der Waals surface area contributed by atoms with E-state index in [1.807, 2.05) is 12.2 Å². The van der Waals surface area contributed by atoms with Crippen molar-refractivity contribution in [3.63, 3.8) is 0 Å². The van der Waals surface area contributed by atoms with Crippen LogP contribution in [0.25, 0.3) is 0 Å². The lowest BCUT2D eigenvalue weighted by molar-refractivity contribution is -0.154. The summed E-state index contributed by atoms with van der Waals surface area (Å²) in [6, 6.07) is 15.5. The van der Waals surface area contributed by atoms with Crippen LogP contribution in [0.5, 0.6) is 5.75 Å². The Labute approximate surface area is 232 Å². The van der Waals surface area contributed by atoms with Crippen LogP contribution in [0.4, 0.5) is 0 Å². The maximum absolute atomic E-state index is 13.7. The molecule has 3 aliphatic rings. The van der Waals surface area contributed by atoms with E-state index in [4.69, 9.17) is 16.3 Å². The lowest BCUT2D eigenvalue weighted by Crippen LogP contribution is -2.52. The SMILES string of the molecule is O=C(CN(C(=O)c1ccccc1Cl)N1C(=O)[C@@H]2[C@@H](C1=O)[C@H]1C=C[C@@H]2C1)c1ccc(OC(=O)c2cccs2)cc1. The number of Topliss-reactive ketones (excluding diaryl/α,β-unsaturated/α-hetero) is 1. The quantitative estimate of drug-likeness (QED) is 0.137. The van der Waals surface area contributed by atoms with E-state index >= 15 is 0 Å². The Morgan fingerprint density at radius 1 is 0.923 bits per heavy atom. The molecule has 0 radical (unpaired) electrons. The summed E-state index contributed by atoms with van der Waals surface area (Å²) in [6.45, 7) is -0.557. The molecule has 1 aliphatic heterocycles. The molecule has 3 amide bonds. The third-order valence-corrected chi connectivity index (χ3v) is 8.61. The molecule has 0 unspecified atom stereocenters. The molecule has 2 bridgehead atoms. The van der Waals surface area contributed by atoms with E-state index in [9.17, 15) is 24.0 Å². The van der Waals surface area contributed by atoms with Crippen molar-refractivity contribution >= 4 is 52.4 Å². The molecule has 6 rings (SSSR count). The van der Waals surface area contributed by atoms with Gasteiger partial charge in [-0.3, -0.25) is 19.2 Å². The molecule has 4 atom stereocenters. The first-order valence-corrected chi connectivity index (χ1v) is 13.6. The fourth-order valence-corrected chi connectivity index (χ4v) is 6.44. The highest BCUT2D eigenvalue weighted by molar-refractivity contribution is 7.12. The monoisotopic (exact) mass is 560 g/mol. The highest BCUT2D eigenvalue weighted by Gasteiger charge is 2.61. The molecule has 8 nitrogen and oxygen atoms in total. The van der Waals surface area contributed by atoms with Crippen molar-refractivity contribution in [2.75, 3.05) is 6.54 Å². The summed E-state index contributed by atoms with van der Waals surface area (Å²) in [4.78, 5) is 66.7. The zero-order valence-electron chi connectivity index (χ0n) is 20.4. The number of allylic oxidation sites excluding steroid dienone is 2. The molecule has 1 saturated carbocycles. The number of imide groups is 1. The fraction of sp³-hybridized carbons (Fsp3) is 0.207. The second-order valence-electron chi connectivity index (χ2n) is 9.65. The first-order chi connectivity index (χ1) is 18.8. The van der Waals surface area contributed by atoms with E-state index in [2.05, 4.69) is 0 Å². The van der Waals surface area contributed by atoms with Gasteiger partial charge in [-0.1, -0.05) is 42.0 Å². The Balaban J connectivity index is 1.26. The van der Waals surface area contributed by atoms with Crippen LogP contribution >= 0.6 is 22.9 Å².